The van der Waals surface area contributed by atoms with Gasteiger partial charge in [-0.1, -0.05) is 46.9 Å². The average Bonchev–Trinajstić information content (AvgIpc) is 2.79. The van der Waals surface area contributed by atoms with E-state index in [2.05, 4.69) is 0 Å². The summed E-state index contributed by atoms with van der Waals surface area (Å²) in [5, 5.41) is 8.96. The Kier molecular flexibility index (Phi) is 4.73. The average molecular weight is 414 g/mol. The molecule has 134 valence electrons. The fourth-order valence-electron chi connectivity index (χ4n) is 2.92. The van der Waals surface area contributed by atoms with Gasteiger partial charge in [0.25, 0.3) is 0 Å². The molecule has 0 spiro atoms. The van der Waals surface area contributed by atoms with Crippen LogP contribution in [0.4, 0.5) is 0 Å². The first-order valence-electron chi connectivity index (χ1n) is 7.40. The van der Waals surface area contributed by atoms with E-state index >= 15 is 0 Å². The van der Waals surface area contributed by atoms with Crippen molar-refractivity contribution in [1.29, 1.82) is 0 Å². The molecule has 0 saturated heterocycles. The van der Waals surface area contributed by atoms with Gasteiger partial charge in [-0.3, -0.25) is 9.59 Å². The van der Waals surface area contributed by atoms with Crippen LogP contribution in [0.5, 0.6) is 5.75 Å². The highest BCUT2D eigenvalue weighted by molar-refractivity contribution is 6.48. The van der Waals surface area contributed by atoms with E-state index in [4.69, 9.17) is 44.6 Å². The number of rotatable bonds is 4. The van der Waals surface area contributed by atoms with Gasteiger partial charge >= 0.3 is 5.97 Å². The van der Waals surface area contributed by atoms with Crippen molar-refractivity contribution in [3.05, 3.63) is 62.1 Å². The molecule has 2 aromatic rings. The molecule has 8 heteroatoms. The Balaban J connectivity index is 2.14. The third kappa shape index (κ3) is 2.76. The molecule has 1 atom stereocenters. The first-order valence-corrected chi connectivity index (χ1v) is 8.53. The molecule has 0 saturated carbocycles. The molecule has 0 aromatic heterocycles. The van der Waals surface area contributed by atoms with E-state index < -0.39 is 29.6 Å². The molecule has 1 aliphatic carbocycles. The highest BCUT2D eigenvalue weighted by atomic mass is 35.5. The zero-order valence-electron chi connectivity index (χ0n) is 13.3. The van der Waals surface area contributed by atoms with Crippen LogP contribution in [0.1, 0.15) is 33.2 Å². The zero-order valence-corrected chi connectivity index (χ0v) is 15.6. The van der Waals surface area contributed by atoms with E-state index in [1.165, 1.54) is 13.0 Å². The maximum absolute atomic E-state index is 13.0. The second-order valence-corrected chi connectivity index (χ2v) is 7.09. The van der Waals surface area contributed by atoms with Crippen LogP contribution in [0.15, 0.2) is 30.3 Å². The normalized spacial score (nSPS) is 18.8. The van der Waals surface area contributed by atoms with Crippen molar-refractivity contribution in [2.45, 2.75) is 12.3 Å². The monoisotopic (exact) mass is 412 g/mol. The van der Waals surface area contributed by atoms with E-state index in [0.29, 0.717) is 10.6 Å². The standard InChI is InChI=1S/C18H11Cl3O5/c1-18(8-2-4-9(19)5-3-8)16(24)10-6-11(26-7-12(22)23)14(20)15(21)13(10)17(18)25/h2-6H,7H2,1H3,(H,22,23). The molecule has 5 nitrogen and oxygen atoms in total. The Hall–Kier alpha value is -2.08. The lowest BCUT2D eigenvalue weighted by Gasteiger charge is -2.20. The largest absolute Gasteiger partial charge is 0.480 e. The lowest BCUT2D eigenvalue weighted by molar-refractivity contribution is -0.139. The van der Waals surface area contributed by atoms with E-state index in [-0.39, 0.29) is 26.9 Å². The van der Waals surface area contributed by atoms with Crippen molar-refractivity contribution in [2.75, 3.05) is 6.61 Å². The summed E-state index contributed by atoms with van der Waals surface area (Å²) in [5.41, 5.74) is -0.969. The Labute approximate surface area is 163 Å². The lowest BCUT2D eigenvalue weighted by Crippen LogP contribution is -2.34. The van der Waals surface area contributed by atoms with Gasteiger partial charge in [0.2, 0.25) is 0 Å². The quantitative estimate of drug-likeness (QED) is 0.749. The smallest absolute Gasteiger partial charge is 0.341 e. The Morgan fingerprint density at radius 1 is 1.08 bits per heavy atom. The number of carboxylic acid groups (broad SMARTS) is 1. The van der Waals surface area contributed by atoms with E-state index in [0.717, 1.165) is 0 Å². The molecule has 1 aliphatic rings. The molecular weight excluding hydrogens is 403 g/mol. The minimum atomic E-state index is -1.48. The van der Waals surface area contributed by atoms with Crippen LogP contribution < -0.4 is 4.74 Å². The molecular formula is C18H11Cl3O5. The maximum Gasteiger partial charge on any atom is 0.341 e. The topological polar surface area (TPSA) is 80.7 Å². The van der Waals surface area contributed by atoms with Gasteiger partial charge in [0, 0.05) is 10.6 Å². The number of benzene rings is 2. The number of ketones is 2. The van der Waals surface area contributed by atoms with Crippen LogP contribution in [0.25, 0.3) is 0 Å². The van der Waals surface area contributed by atoms with Crippen LogP contribution in [-0.2, 0) is 10.2 Å². The summed E-state index contributed by atoms with van der Waals surface area (Å²) in [4.78, 5) is 36.8. The summed E-state index contributed by atoms with van der Waals surface area (Å²) in [6.45, 7) is 0.842. The first-order chi connectivity index (χ1) is 12.2. The molecule has 1 unspecified atom stereocenters. The highest BCUT2D eigenvalue weighted by Crippen LogP contribution is 2.47. The third-order valence-electron chi connectivity index (χ3n) is 4.33. The van der Waals surface area contributed by atoms with Gasteiger partial charge in [0.1, 0.15) is 16.2 Å². The summed E-state index contributed by atoms with van der Waals surface area (Å²) >= 11 is 18.2. The maximum atomic E-state index is 13.0. The molecule has 0 amide bonds. The Bertz CT molecular complexity index is 952. The summed E-state index contributed by atoms with van der Waals surface area (Å²) in [5.74, 6) is -2.25. The van der Waals surface area contributed by atoms with Crippen molar-refractivity contribution in [1.82, 2.24) is 0 Å². The number of fused-ring (bicyclic) bond motifs is 1. The summed E-state index contributed by atoms with van der Waals surface area (Å²) in [7, 11) is 0. The molecule has 0 fully saturated rings. The number of aliphatic carboxylic acids is 1. The van der Waals surface area contributed by atoms with E-state index in [9.17, 15) is 14.4 Å². The Morgan fingerprint density at radius 3 is 2.27 bits per heavy atom. The minimum Gasteiger partial charge on any atom is -0.480 e. The van der Waals surface area contributed by atoms with Crippen LogP contribution in [-0.4, -0.2) is 29.2 Å². The fraction of sp³-hybridized carbons (Fsp3) is 0.167. The number of hydrogen-bond acceptors (Lipinski definition) is 4. The molecule has 0 bridgehead atoms. The molecule has 1 N–H and O–H groups in total. The number of halogens is 3. The van der Waals surface area contributed by atoms with Gasteiger partial charge in [-0.15, -0.1) is 0 Å². The number of Topliss-reactive ketones (excluding diaryl/α,β-unsaturated/α-hetero) is 2. The van der Waals surface area contributed by atoms with Gasteiger partial charge < -0.3 is 9.84 Å². The zero-order chi connectivity index (χ0) is 19.2. The summed E-state index contributed by atoms with van der Waals surface area (Å²) < 4.78 is 5.08. The SMILES string of the molecule is CC1(c2ccc(Cl)cc2)C(=O)c2cc(OCC(=O)O)c(Cl)c(Cl)c2C1=O. The first kappa shape index (κ1) is 18.7. The second kappa shape index (κ2) is 6.58. The number of hydrogen-bond donors (Lipinski definition) is 1. The molecule has 2 aromatic carbocycles. The van der Waals surface area contributed by atoms with Gasteiger partial charge in [0.15, 0.2) is 18.2 Å². The van der Waals surface area contributed by atoms with E-state index in [1.807, 2.05) is 0 Å². The number of carboxylic acids is 1. The van der Waals surface area contributed by atoms with Crippen molar-refractivity contribution >= 4 is 52.3 Å². The van der Waals surface area contributed by atoms with Gasteiger partial charge in [0.05, 0.1) is 10.6 Å². The molecule has 26 heavy (non-hydrogen) atoms. The number of carbonyl (C=O) groups excluding carboxylic acids is 2. The van der Waals surface area contributed by atoms with Crippen molar-refractivity contribution < 1.29 is 24.2 Å². The second-order valence-electron chi connectivity index (χ2n) is 5.90. The van der Waals surface area contributed by atoms with Crippen LogP contribution in [0, 0.1) is 0 Å². The summed E-state index contributed by atoms with van der Waals surface area (Å²) in [6, 6.07) is 7.62. The fourth-order valence-corrected chi connectivity index (χ4v) is 3.53. The van der Waals surface area contributed by atoms with Gasteiger partial charge in [-0.2, -0.15) is 0 Å². The van der Waals surface area contributed by atoms with Crippen LogP contribution in [0.3, 0.4) is 0 Å². The molecule has 0 aliphatic heterocycles. The molecule has 0 radical (unpaired) electrons. The molecule has 3 rings (SSSR count). The Morgan fingerprint density at radius 2 is 1.69 bits per heavy atom. The van der Waals surface area contributed by atoms with Crippen molar-refractivity contribution in [3.8, 4) is 5.75 Å². The summed E-state index contributed by atoms with van der Waals surface area (Å²) in [6.07, 6.45) is 0. The highest BCUT2D eigenvalue weighted by Gasteiger charge is 2.52. The number of ether oxygens (including phenoxy) is 1. The van der Waals surface area contributed by atoms with Gasteiger partial charge in [-0.25, -0.2) is 4.79 Å². The predicted molar refractivity (Wildman–Crippen MR) is 97.1 cm³/mol. The van der Waals surface area contributed by atoms with Crippen molar-refractivity contribution in [3.63, 3.8) is 0 Å². The van der Waals surface area contributed by atoms with Crippen LogP contribution >= 0.6 is 34.8 Å². The van der Waals surface area contributed by atoms with Crippen molar-refractivity contribution in [2.24, 2.45) is 0 Å². The van der Waals surface area contributed by atoms with Crippen LogP contribution in [0.2, 0.25) is 15.1 Å². The predicted octanol–water partition coefficient (Wildman–Crippen LogP) is 4.45. The van der Waals surface area contributed by atoms with Gasteiger partial charge in [-0.05, 0) is 30.7 Å². The van der Waals surface area contributed by atoms with E-state index in [1.54, 1.807) is 24.3 Å². The third-order valence-corrected chi connectivity index (χ3v) is 5.43. The lowest BCUT2D eigenvalue weighted by atomic mass is 9.78. The number of carbonyl (C=O) groups is 3. The molecule has 0 heterocycles. The minimum absolute atomic E-state index is 0.00166.